The highest BCUT2D eigenvalue weighted by Crippen LogP contribution is 2.46. The normalized spacial score (nSPS) is 15.8. The molecule has 0 saturated heterocycles. The fourth-order valence-electron chi connectivity index (χ4n) is 2.74. The van der Waals surface area contributed by atoms with Crippen molar-refractivity contribution in [2.75, 3.05) is 5.73 Å². The number of carbonyl (C=O) groups excluding carboxylic acids is 1. The molecule has 0 atom stereocenters. The van der Waals surface area contributed by atoms with Crippen LogP contribution in [0.4, 0.5) is 9.39 Å². The number of carbonyl (C=O) groups is 1. The molecule has 1 heterocycles. The summed E-state index contributed by atoms with van der Waals surface area (Å²) in [6, 6.07) is 5.02. The maximum absolute atomic E-state index is 13.3. The molecule has 0 aliphatic heterocycles. The molecule has 3 nitrogen and oxygen atoms in total. The van der Waals surface area contributed by atoms with Gasteiger partial charge in [-0.25, -0.2) is 4.39 Å². The number of hydrogen-bond acceptors (Lipinski definition) is 3. The summed E-state index contributed by atoms with van der Waals surface area (Å²) in [5.41, 5.74) is 9.37. The van der Waals surface area contributed by atoms with Gasteiger partial charge in [-0.05, 0) is 36.1 Å². The van der Waals surface area contributed by atoms with E-state index in [0.717, 1.165) is 34.4 Å². The van der Waals surface area contributed by atoms with Gasteiger partial charge in [-0.3, -0.25) is 4.79 Å². The number of halogens is 1. The van der Waals surface area contributed by atoms with Crippen LogP contribution in [-0.4, -0.2) is 11.9 Å². The number of hydrogen-bond donors (Lipinski definition) is 2. The Morgan fingerprint density at radius 2 is 2.20 bits per heavy atom. The van der Waals surface area contributed by atoms with Gasteiger partial charge >= 0.3 is 0 Å². The maximum atomic E-state index is 13.3. The molecule has 0 unspecified atom stereocenters. The molecule has 2 aliphatic rings. The number of nitrogens with one attached hydrogen (secondary N) is 1. The Labute approximate surface area is 119 Å². The zero-order valence-electron chi connectivity index (χ0n) is 10.7. The van der Waals surface area contributed by atoms with E-state index in [1.165, 1.54) is 17.4 Å². The van der Waals surface area contributed by atoms with E-state index in [4.69, 9.17) is 5.73 Å². The van der Waals surface area contributed by atoms with E-state index in [0.29, 0.717) is 23.0 Å². The predicted molar refractivity (Wildman–Crippen MR) is 77.4 cm³/mol. The van der Waals surface area contributed by atoms with Gasteiger partial charge in [0.25, 0.3) is 5.91 Å². The van der Waals surface area contributed by atoms with E-state index in [-0.39, 0.29) is 11.7 Å². The summed E-state index contributed by atoms with van der Waals surface area (Å²) in [6.45, 7) is 0. The van der Waals surface area contributed by atoms with Crippen LogP contribution < -0.4 is 11.1 Å². The summed E-state index contributed by atoms with van der Waals surface area (Å²) in [5.74, 6) is -0.337. The fraction of sp³-hybridized carbons (Fsp3) is 0.267. The van der Waals surface area contributed by atoms with E-state index in [1.807, 2.05) is 0 Å². The van der Waals surface area contributed by atoms with E-state index < -0.39 is 0 Å². The van der Waals surface area contributed by atoms with Crippen LogP contribution in [-0.2, 0) is 6.42 Å². The van der Waals surface area contributed by atoms with Gasteiger partial charge in [-0.15, -0.1) is 11.3 Å². The van der Waals surface area contributed by atoms with Crippen LogP contribution in [0.5, 0.6) is 0 Å². The molecule has 0 bridgehead atoms. The molecule has 1 amide bonds. The number of fused-ring (bicyclic) bond motifs is 3. The van der Waals surface area contributed by atoms with Crippen molar-refractivity contribution in [1.82, 2.24) is 5.32 Å². The molecule has 5 heteroatoms. The Kier molecular flexibility index (Phi) is 2.41. The fourth-order valence-corrected chi connectivity index (χ4v) is 3.85. The monoisotopic (exact) mass is 288 g/mol. The highest BCUT2D eigenvalue weighted by atomic mass is 32.1. The first-order valence-corrected chi connectivity index (χ1v) is 7.46. The average Bonchev–Trinajstić information content (AvgIpc) is 3.04. The summed E-state index contributed by atoms with van der Waals surface area (Å²) in [4.78, 5) is 13.4. The first-order valence-electron chi connectivity index (χ1n) is 6.64. The van der Waals surface area contributed by atoms with E-state index in [9.17, 15) is 9.18 Å². The summed E-state index contributed by atoms with van der Waals surface area (Å²) >= 11 is 1.44. The maximum Gasteiger partial charge on any atom is 0.255 e. The molecular formula is C15H13FN2OS. The third-order valence-corrected chi connectivity index (χ3v) is 4.85. The molecule has 1 fully saturated rings. The average molecular weight is 288 g/mol. The number of thiophene rings is 1. The highest BCUT2D eigenvalue weighted by molar-refractivity contribution is 7.17. The van der Waals surface area contributed by atoms with Gasteiger partial charge in [0.1, 0.15) is 5.82 Å². The lowest BCUT2D eigenvalue weighted by Crippen LogP contribution is -2.26. The minimum Gasteiger partial charge on any atom is -0.390 e. The highest BCUT2D eigenvalue weighted by Gasteiger charge is 2.32. The molecule has 2 aliphatic carbocycles. The Bertz CT molecular complexity index is 734. The first-order chi connectivity index (χ1) is 9.63. The zero-order chi connectivity index (χ0) is 13.9. The SMILES string of the molecule is Nc1sc2c(c1C(=O)NC1CC1)-c1ccc(F)cc1C2. The summed E-state index contributed by atoms with van der Waals surface area (Å²) < 4.78 is 13.3. The van der Waals surface area contributed by atoms with Crippen LogP contribution in [0.2, 0.25) is 0 Å². The van der Waals surface area contributed by atoms with Crippen molar-refractivity contribution < 1.29 is 9.18 Å². The standard InChI is InChI=1S/C15H13FN2OS/c16-8-1-4-10-7(5-8)6-11-12(10)13(14(17)20-11)15(19)18-9-2-3-9/h1,4-5,9H,2-3,6,17H2,(H,18,19). The molecule has 3 N–H and O–H groups in total. The lowest BCUT2D eigenvalue weighted by Gasteiger charge is -2.07. The quantitative estimate of drug-likeness (QED) is 0.761. The molecule has 4 rings (SSSR count). The number of rotatable bonds is 2. The van der Waals surface area contributed by atoms with E-state index in [1.54, 1.807) is 12.1 Å². The molecule has 0 radical (unpaired) electrons. The van der Waals surface area contributed by atoms with Gasteiger partial charge in [-0.1, -0.05) is 6.07 Å². The summed E-state index contributed by atoms with van der Waals surface area (Å²) in [5, 5.41) is 3.54. The lowest BCUT2D eigenvalue weighted by atomic mass is 10.0. The zero-order valence-corrected chi connectivity index (χ0v) is 11.5. The number of benzene rings is 1. The molecular weight excluding hydrogens is 275 g/mol. The molecule has 1 saturated carbocycles. The summed E-state index contributed by atoms with van der Waals surface area (Å²) in [6.07, 6.45) is 2.74. The Balaban J connectivity index is 1.82. The van der Waals surface area contributed by atoms with Crippen LogP contribution >= 0.6 is 11.3 Å². The predicted octanol–water partition coefficient (Wildman–Crippen LogP) is 2.93. The van der Waals surface area contributed by atoms with E-state index >= 15 is 0 Å². The van der Waals surface area contributed by atoms with Crippen LogP contribution in [0.25, 0.3) is 11.1 Å². The number of nitrogens with two attached hydrogens (primary N) is 1. The second-order valence-corrected chi connectivity index (χ2v) is 6.50. The first kappa shape index (κ1) is 11.9. The largest absolute Gasteiger partial charge is 0.390 e. The minimum absolute atomic E-state index is 0.0975. The van der Waals surface area contributed by atoms with Gasteiger partial charge in [0.2, 0.25) is 0 Å². The minimum atomic E-state index is -0.240. The third-order valence-electron chi connectivity index (χ3n) is 3.84. The molecule has 20 heavy (non-hydrogen) atoms. The Morgan fingerprint density at radius 1 is 1.40 bits per heavy atom. The van der Waals surface area contributed by atoms with E-state index in [2.05, 4.69) is 5.32 Å². The van der Waals surface area contributed by atoms with Gasteiger partial charge in [-0.2, -0.15) is 0 Å². The van der Waals surface area contributed by atoms with Gasteiger partial charge in [0, 0.05) is 22.9 Å². The van der Waals surface area contributed by atoms with Crippen molar-refractivity contribution in [3.63, 3.8) is 0 Å². The van der Waals surface area contributed by atoms with Crippen molar-refractivity contribution in [3.8, 4) is 11.1 Å². The van der Waals surface area contributed by atoms with Crippen molar-refractivity contribution in [2.45, 2.75) is 25.3 Å². The second-order valence-electron chi connectivity index (χ2n) is 5.37. The lowest BCUT2D eigenvalue weighted by molar-refractivity contribution is 0.0953. The van der Waals surface area contributed by atoms with Crippen molar-refractivity contribution in [1.29, 1.82) is 0 Å². The molecule has 2 aromatic rings. The number of nitrogen functional groups attached to an aromatic ring is 1. The van der Waals surface area contributed by atoms with Crippen LogP contribution in [0.15, 0.2) is 18.2 Å². The molecule has 1 aromatic heterocycles. The van der Waals surface area contributed by atoms with Gasteiger partial charge in [0.15, 0.2) is 0 Å². The number of amides is 1. The van der Waals surface area contributed by atoms with Gasteiger partial charge < -0.3 is 11.1 Å². The molecule has 1 aromatic carbocycles. The van der Waals surface area contributed by atoms with Crippen molar-refractivity contribution in [3.05, 3.63) is 40.0 Å². The van der Waals surface area contributed by atoms with Crippen LogP contribution in [0, 0.1) is 5.82 Å². The van der Waals surface area contributed by atoms with Crippen molar-refractivity contribution >= 4 is 22.2 Å². The van der Waals surface area contributed by atoms with Crippen LogP contribution in [0.3, 0.4) is 0 Å². The Hall–Kier alpha value is -1.88. The van der Waals surface area contributed by atoms with Crippen molar-refractivity contribution in [2.24, 2.45) is 0 Å². The topological polar surface area (TPSA) is 55.1 Å². The van der Waals surface area contributed by atoms with Gasteiger partial charge in [0.05, 0.1) is 10.6 Å². The second kappa shape index (κ2) is 4.06. The smallest absolute Gasteiger partial charge is 0.255 e. The Morgan fingerprint density at radius 3 is 2.95 bits per heavy atom. The third kappa shape index (κ3) is 1.73. The summed E-state index contributed by atoms with van der Waals surface area (Å²) in [7, 11) is 0. The molecule has 0 spiro atoms. The van der Waals surface area contributed by atoms with Crippen LogP contribution in [0.1, 0.15) is 33.6 Å². The number of anilines is 1. The molecule has 102 valence electrons.